The van der Waals surface area contributed by atoms with Crippen LogP contribution in [0.3, 0.4) is 0 Å². The molecule has 0 fully saturated rings. The summed E-state index contributed by atoms with van der Waals surface area (Å²) < 4.78 is 5.12. The van der Waals surface area contributed by atoms with Crippen molar-refractivity contribution in [2.24, 2.45) is 5.73 Å². The van der Waals surface area contributed by atoms with E-state index in [0.717, 1.165) is 22.6 Å². The smallest absolute Gasteiger partial charge is 0.252 e. The number of methoxy groups -OCH3 is 1. The summed E-state index contributed by atoms with van der Waals surface area (Å²) in [6.45, 7) is 4.30. The number of primary amides is 1. The Morgan fingerprint density at radius 3 is 2.52 bits per heavy atom. The van der Waals surface area contributed by atoms with Crippen molar-refractivity contribution in [3.63, 3.8) is 0 Å². The van der Waals surface area contributed by atoms with Gasteiger partial charge in [0.05, 0.1) is 12.7 Å². The predicted molar refractivity (Wildman–Crippen MR) is 82.5 cm³/mol. The minimum Gasteiger partial charge on any atom is -0.497 e. The van der Waals surface area contributed by atoms with Gasteiger partial charge >= 0.3 is 0 Å². The van der Waals surface area contributed by atoms with E-state index < -0.39 is 5.91 Å². The van der Waals surface area contributed by atoms with E-state index in [0.29, 0.717) is 17.9 Å². The Balaban J connectivity index is 2.20. The van der Waals surface area contributed by atoms with Gasteiger partial charge in [-0.25, -0.2) is 4.98 Å². The molecule has 0 spiro atoms. The molecule has 110 valence electrons. The van der Waals surface area contributed by atoms with Crippen LogP contribution in [0.4, 0.5) is 5.82 Å². The molecule has 2 aromatic rings. The van der Waals surface area contributed by atoms with Gasteiger partial charge in [0.25, 0.3) is 5.91 Å². The maximum atomic E-state index is 11.6. The van der Waals surface area contributed by atoms with Crippen LogP contribution in [0.15, 0.2) is 30.3 Å². The van der Waals surface area contributed by atoms with Crippen LogP contribution in [0.5, 0.6) is 5.75 Å². The Bertz CT molecular complexity index is 651. The molecule has 3 N–H and O–H groups in total. The van der Waals surface area contributed by atoms with Crippen molar-refractivity contribution in [1.29, 1.82) is 0 Å². The zero-order valence-corrected chi connectivity index (χ0v) is 12.4. The highest BCUT2D eigenvalue weighted by Crippen LogP contribution is 2.19. The molecule has 21 heavy (non-hydrogen) atoms. The number of nitrogens with two attached hydrogens (primary N) is 1. The van der Waals surface area contributed by atoms with Crippen LogP contribution in [-0.4, -0.2) is 18.0 Å². The van der Waals surface area contributed by atoms with Crippen LogP contribution < -0.4 is 15.8 Å². The fourth-order valence-electron chi connectivity index (χ4n) is 2.20. The molecule has 0 aliphatic rings. The standard InChI is InChI=1S/C16H19N3O2/c1-10-8-11(2)19-16(14(10)15(17)20)18-9-12-4-6-13(21-3)7-5-12/h4-8H,9H2,1-3H3,(H2,17,20)(H,18,19). The summed E-state index contributed by atoms with van der Waals surface area (Å²) in [5.41, 5.74) is 8.61. The molecule has 0 saturated carbocycles. The van der Waals surface area contributed by atoms with Crippen molar-refractivity contribution >= 4 is 11.7 Å². The second-order valence-corrected chi connectivity index (χ2v) is 4.87. The maximum absolute atomic E-state index is 11.6. The number of hydrogen-bond donors (Lipinski definition) is 2. The van der Waals surface area contributed by atoms with Crippen LogP contribution in [0.1, 0.15) is 27.2 Å². The van der Waals surface area contributed by atoms with Crippen molar-refractivity contribution in [2.75, 3.05) is 12.4 Å². The van der Waals surface area contributed by atoms with Crippen molar-refractivity contribution in [3.8, 4) is 5.75 Å². The largest absolute Gasteiger partial charge is 0.497 e. The van der Waals surface area contributed by atoms with Gasteiger partial charge in [0, 0.05) is 12.2 Å². The number of anilines is 1. The van der Waals surface area contributed by atoms with E-state index >= 15 is 0 Å². The molecule has 0 atom stereocenters. The Kier molecular flexibility index (Phi) is 4.42. The number of hydrogen-bond acceptors (Lipinski definition) is 4. The van der Waals surface area contributed by atoms with E-state index in [9.17, 15) is 4.79 Å². The normalized spacial score (nSPS) is 10.2. The summed E-state index contributed by atoms with van der Waals surface area (Å²) in [6, 6.07) is 9.54. The maximum Gasteiger partial charge on any atom is 0.252 e. The van der Waals surface area contributed by atoms with Gasteiger partial charge in [-0.05, 0) is 43.2 Å². The van der Waals surface area contributed by atoms with Gasteiger partial charge in [-0.15, -0.1) is 0 Å². The van der Waals surface area contributed by atoms with Crippen molar-refractivity contribution in [3.05, 3.63) is 52.7 Å². The first-order valence-electron chi connectivity index (χ1n) is 6.66. The minimum atomic E-state index is -0.475. The van der Waals surface area contributed by atoms with Crippen LogP contribution >= 0.6 is 0 Å². The number of aryl methyl sites for hydroxylation is 2. The molecule has 5 heteroatoms. The number of nitrogens with one attached hydrogen (secondary N) is 1. The minimum absolute atomic E-state index is 0.439. The number of carbonyl (C=O) groups excluding carboxylic acids is 1. The number of ether oxygens (including phenoxy) is 1. The quantitative estimate of drug-likeness (QED) is 0.884. The molecule has 1 aromatic heterocycles. The molecule has 0 saturated heterocycles. The summed E-state index contributed by atoms with van der Waals surface area (Å²) in [4.78, 5) is 15.9. The third-order valence-corrected chi connectivity index (χ3v) is 3.21. The molecule has 5 nitrogen and oxygen atoms in total. The molecule has 0 unspecified atom stereocenters. The second kappa shape index (κ2) is 6.26. The first-order valence-corrected chi connectivity index (χ1v) is 6.66. The monoisotopic (exact) mass is 285 g/mol. The zero-order chi connectivity index (χ0) is 15.4. The lowest BCUT2D eigenvalue weighted by atomic mass is 10.1. The Morgan fingerprint density at radius 2 is 1.95 bits per heavy atom. The first-order chi connectivity index (χ1) is 10.0. The first kappa shape index (κ1) is 14.8. The van der Waals surface area contributed by atoms with E-state index in [2.05, 4.69) is 10.3 Å². The molecule has 0 radical (unpaired) electrons. The summed E-state index contributed by atoms with van der Waals surface area (Å²) in [7, 11) is 1.63. The average molecular weight is 285 g/mol. The molecule has 0 aliphatic heterocycles. The lowest BCUT2D eigenvalue weighted by Crippen LogP contribution is -2.17. The molecule has 0 bridgehead atoms. The highest BCUT2D eigenvalue weighted by Gasteiger charge is 2.13. The van der Waals surface area contributed by atoms with Gasteiger partial charge in [0.2, 0.25) is 0 Å². The number of carbonyl (C=O) groups is 1. The highest BCUT2D eigenvalue weighted by molar-refractivity contribution is 5.99. The van der Waals surface area contributed by atoms with Crippen LogP contribution in [0, 0.1) is 13.8 Å². The topological polar surface area (TPSA) is 77.2 Å². The lowest BCUT2D eigenvalue weighted by molar-refractivity contribution is 0.1000. The SMILES string of the molecule is COc1ccc(CNc2nc(C)cc(C)c2C(N)=O)cc1. The van der Waals surface area contributed by atoms with Crippen LogP contribution in [0.2, 0.25) is 0 Å². The zero-order valence-electron chi connectivity index (χ0n) is 12.4. The highest BCUT2D eigenvalue weighted by atomic mass is 16.5. The number of amides is 1. The summed E-state index contributed by atoms with van der Waals surface area (Å²) in [6.07, 6.45) is 0. The van der Waals surface area contributed by atoms with E-state index in [1.54, 1.807) is 7.11 Å². The third-order valence-electron chi connectivity index (χ3n) is 3.21. The van der Waals surface area contributed by atoms with E-state index in [4.69, 9.17) is 10.5 Å². The van der Waals surface area contributed by atoms with Crippen molar-refractivity contribution < 1.29 is 9.53 Å². The van der Waals surface area contributed by atoms with Gasteiger partial charge in [-0.2, -0.15) is 0 Å². The van der Waals surface area contributed by atoms with Crippen LogP contribution in [0.25, 0.3) is 0 Å². The number of nitrogens with zero attached hydrogens (tertiary/aromatic N) is 1. The summed E-state index contributed by atoms with van der Waals surface area (Å²) in [5, 5.41) is 3.18. The fourth-order valence-corrected chi connectivity index (χ4v) is 2.20. The third kappa shape index (κ3) is 3.51. The Hall–Kier alpha value is -2.56. The molecule has 2 rings (SSSR count). The van der Waals surface area contributed by atoms with Gasteiger partial charge in [-0.3, -0.25) is 4.79 Å². The number of rotatable bonds is 5. The average Bonchev–Trinajstić information content (AvgIpc) is 2.44. The number of benzene rings is 1. The molecule has 0 aliphatic carbocycles. The Labute approximate surface area is 124 Å². The molecular weight excluding hydrogens is 266 g/mol. The molecule has 1 amide bonds. The van der Waals surface area contributed by atoms with Crippen LogP contribution in [-0.2, 0) is 6.54 Å². The second-order valence-electron chi connectivity index (χ2n) is 4.87. The number of aromatic nitrogens is 1. The lowest BCUT2D eigenvalue weighted by Gasteiger charge is -2.12. The fraction of sp³-hybridized carbons (Fsp3) is 0.250. The van der Waals surface area contributed by atoms with Gasteiger partial charge in [-0.1, -0.05) is 12.1 Å². The number of pyridine rings is 1. The Morgan fingerprint density at radius 1 is 1.29 bits per heavy atom. The van der Waals surface area contributed by atoms with E-state index in [1.807, 2.05) is 44.2 Å². The van der Waals surface area contributed by atoms with Gasteiger partial charge in [0.1, 0.15) is 11.6 Å². The van der Waals surface area contributed by atoms with Gasteiger partial charge < -0.3 is 15.8 Å². The van der Waals surface area contributed by atoms with E-state index in [-0.39, 0.29) is 0 Å². The molecule has 1 aromatic carbocycles. The van der Waals surface area contributed by atoms with E-state index in [1.165, 1.54) is 0 Å². The van der Waals surface area contributed by atoms with Crippen molar-refractivity contribution in [1.82, 2.24) is 4.98 Å². The summed E-state index contributed by atoms with van der Waals surface area (Å²) in [5.74, 6) is 0.856. The molecular formula is C16H19N3O2. The van der Waals surface area contributed by atoms with Crippen molar-refractivity contribution in [2.45, 2.75) is 20.4 Å². The summed E-state index contributed by atoms with van der Waals surface area (Å²) >= 11 is 0. The predicted octanol–water partition coefficient (Wildman–Crippen LogP) is 2.42. The molecule has 1 heterocycles. The van der Waals surface area contributed by atoms with Gasteiger partial charge in [0.15, 0.2) is 0 Å².